The quantitative estimate of drug-likeness (QED) is 0.777. The Labute approximate surface area is 137 Å². The minimum atomic E-state index is -3.87. The zero-order valence-corrected chi connectivity index (χ0v) is 13.3. The molecule has 0 unspecified atom stereocenters. The molecule has 3 rings (SSSR count). The molecule has 2 N–H and O–H groups in total. The van der Waals surface area contributed by atoms with E-state index >= 15 is 0 Å². The molecule has 11 heteroatoms. The first kappa shape index (κ1) is 16.5. The summed E-state index contributed by atoms with van der Waals surface area (Å²) in [5, 5.41) is 7.31. The number of hydrogen-bond donors (Lipinski definition) is 1. The van der Waals surface area contributed by atoms with Gasteiger partial charge in [-0.15, -0.1) is 5.10 Å². The lowest BCUT2D eigenvalue weighted by atomic mass is 10.2. The van der Waals surface area contributed by atoms with Gasteiger partial charge >= 0.3 is 0 Å². The fraction of sp³-hybridized carbons (Fsp3) is 0.385. The van der Waals surface area contributed by atoms with E-state index in [0.29, 0.717) is 0 Å². The lowest BCUT2D eigenvalue weighted by Crippen LogP contribution is -2.38. The van der Waals surface area contributed by atoms with Crippen LogP contribution in [0.4, 0.5) is 4.39 Å². The number of amides is 1. The van der Waals surface area contributed by atoms with Gasteiger partial charge in [0, 0.05) is 25.0 Å². The molecule has 3 heterocycles. The lowest BCUT2D eigenvalue weighted by molar-refractivity contribution is 0.0995. The monoisotopic (exact) mass is 354 g/mol. The number of nitrogens with two attached hydrogens (primary N) is 1. The minimum Gasteiger partial charge on any atom is -0.364 e. The van der Waals surface area contributed by atoms with Gasteiger partial charge < -0.3 is 5.73 Å². The van der Waals surface area contributed by atoms with Crippen LogP contribution in [-0.2, 0) is 16.6 Å². The normalized spacial score (nSPS) is 21.9. The summed E-state index contributed by atoms with van der Waals surface area (Å²) in [4.78, 5) is 14.8. The Morgan fingerprint density at radius 3 is 2.88 bits per heavy atom. The molecule has 128 valence electrons. The molecule has 9 nitrogen and oxygen atoms in total. The van der Waals surface area contributed by atoms with Crippen LogP contribution >= 0.6 is 0 Å². The van der Waals surface area contributed by atoms with Crippen molar-refractivity contribution < 1.29 is 17.6 Å². The van der Waals surface area contributed by atoms with Crippen molar-refractivity contribution in [2.24, 2.45) is 5.73 Å². The molecule has 1 saturated heterocycles. The fourth-order valence-electron chi connectivity index (χ4n) is 2.64. The van der Waals surface area contributed by atoms with E-state index in [1.165, 1.54) is 35.4 Å². The molecule has 2 aromatic rings. The highest BCUT2D eigenvalue weighted by Gasteiger charge is 2.40. The highest BCUT2D eigenvalue weighted by molar-refractivity contribution is 7.89. The van der Waals surface area contributed by atoms with E-state index in [0.717, 1.165) is 4.31 Å². The van der Waals surface area contributed by atoms with E-state index in [2.05, 4.69) is 15.3 Å². The van der Waals surface area contributed by atoms with Gasteiger partial charge in [-0.25, -0.2) is 12.8 Å². The van der Waals surface area contributed by atoms with Crippen LogP contribution in [0.2, 0.25) is 0 Å². The van der Waals surface area contributed by atoms with Crippen LogP contribution in [-0.4, -0.2) is 57.4 Å². The number of pyridine rings is 1. The number of hydrogen-bond acceptors (Lipinski definition) is 6. The SMILES string of the molecule is NC(=O)c1cn(C[C@@H]2C[C@H](F)CN2S(=O)(=O)c2cccnc2)nn1. The molecule has 0 aromatic carbocycles. The molecule has 0 radical (unpaired) electrons. The Morgan fingerprint density at radius 1 is 1.46 bits per heavy atom. The van der Waals surface area contributed by atoms with Crippen molar-refractivity contribution in [3.63, 3.8) is 0 Å². The molecule has 0 saturated carbocycles. The average molecular weight is 354 g/mol. The van der Waals surface area contributed by atoms with Crippen molar-refractivity contribution in [1.82, 2.24) is 24.3 Å². The van der Waals surface area contributed by atoms with E-state index in [1.54, 1.807) is 0 Å². The van der Waals surface area contributed by atoms with E-state index in [4.69, 9.17) is 5.73 Å². The van der Waals surface area contributed by atoms with Gasteiger partial charge in [-0.3, -0.25) is 14.5 Å². The summed E-state index contributed by atoms with van der Waals surface area (Å²) in [6.45, 7) is -0.167. The number of rotatable bonds is 5. The molecular formula is C13H15FN6O3S. The zero-order valence-electron chi connectivity index (χ0n) is 12.5. The molecular weight excluding hydrogens is 339 g/mol. The largest absolute Gasteiger partial charge is 0.364 e. The summed E-state index contributed by atoms with van der Waals surface area (Å²) in [6, 6.07) is 2.26. The van der Waals surface area contributed by atoms with Crippen molar-refractivity contribution in [2.75, 3.05) is 6.54 Å². The van der Waals surface area contributed by atoms with Crippen molar-refractivity contribution in [1.29, 1.82) is 0 Å². The maximum absolute atomic E-state index is 13.9. The Hall–Kier alpha value is -2.40. The third-order valence-electron chi connectivity index (χ3n) is 3.74. The Kier molecular flexibility index (Phi) is 4.28. The second-order valence-electron chi connectivity index (χ2n) is 5.44. The van der Waals surface area contributed by atoms with Crippen LogP contribution < -0.4 is 5.73 Å². The van der Waals surface area contributed by atoms with Crippen LogP contribution in [0.25, 0.3) is 0 Å². The number of alkyl halides is 1. The smallest absolute Gasteiger partial charge is 0.270 e. The first-order chi connectivity index (χ1) is 11.4. The molecule has 1 amide bonds. The molecule has 1 aliphatic heterocycles. The second kappa shape index (κ2) is 6.24. The molecule has 24 heavy (non-hydrogen) atoms. The summed E-state index contributed by atoms with van der Waals surface area (Å²) >= 11 is 0. The third-order valence-corrected chi connectivity index (χ3v) is 5.64. The van der Waals surface area contributed by atoms with Crippen molar-refractivity contribution in [3.05, 3.63) is 36.4 Å². The number of primary amides is 1. The van der Waals surface area contributed by atoms with E-state index in [-0.39, 0.29) is 30.1 Å². The molecule has 0 aliphatic carbocycles. The number of sulfonamides is 1. The number of nitrogens with zero attached hydrogens (tertiary/aromatic N) is 5. The third kappa shape index (κ3) is 3.12. The fourth-order valence-corrected chi connectivity index (χ4v) is 4.26. The van der Waals surface area contributed by atoms with Gasteiger partial charge in [0.1, 0.15) is 11.1 Å². The van der Waals surface area contributed by atoms with Crippen LogP contribution in [0.1, 0.15) is 16.9 Å². The maximum atomic E-state index is 13.9. The van der Waals surface area contributed by atoms with Crippen LogP contribution in [0.3, 0.4) is 0 Å². The van der Waals surface area contributed by atoms with Gasteiger partial charge in [0.2, 0.25) is 10.0 Å². The van der Waals surface area contributed by atoms with Crippen LogP contribution in [0.15, 0.2) is 35.6 Å². The Bertz CT molecular complexity index is 840. The van der Waals surface area contributed by atoms with E-state index < -0.39 is 28.1 Å². The molecule has 1 fully saturated rings. The molecule has 2 atom stereocenters. The number of carbonyl (C=O) groups excluding carboxylic acids is 1. The summed E-state index contributed by atoms with van der Waals surface area (Å²) in [5.74, 6) is -0.740. The average Bonchev–Trinajstić information content (AvgIpc) is 3.16. The van der Waals surface area contributed by atoms with Crippen LogP contribution in [0.5, 0.6) is 0 Å². The van der Waals surface area contributed by atoms with Gasteiger partial charge in [-0.05, 0) is 18.6 Å². The Balaban J connectivity index is 1.85. The highest BCUT2D eigenvalue weighted by Crippen LogP contribution is 2.28. The van der Waals surface area contributed by atoms with Gasteiger partial charge in [0.15, 0.2) is 5.69 Å². The number of halogens is 1. The van der Waals surface area contributed by atoms with Crippen molar-refractivity contribution in [3.8, 4) is 0 Å². The minimum absolute atomic E-state index is 0.000477. The second-order valence-corrected chi connectivity index (χ2v) is 7.33. The Morgan fingerprint density at radius 2 is 2.25 bits per heavy atom. The van der Waals surface area contributed by atoms with Gasteiger partial charge in [-0.2, -0.15) is 4.31 Å². The highest BCUT2D eigenvalue weighted by atomic mass is 32.2. The summed E-state index contributed by atoms with van der Waals surface area (Å²) < 4.78 is 41.6. The standard InChI is InChI=1S/C13H15FN6O3S/c14-9-4-10(7-19-8-12(13(15)21)17-18-19)20(6-9)24(22,23)11-2-1-3-16-5-11/h1-3,5,8-10H,4,6-7H2,(H2,15,21)/t9-,10-/m0/s1. The predicted octanol–water partition coefficient (Wildman–Crippen LogP) is -0.427. The lowest BCUT2D eigenvalue weighted by Gasteiger charge is -2.23. The molecule has 0 bridgehead atoms. The molecule has 0 spiro atoms. The first-order valence-electron chi connectivity index (χ1n) is 7.14. The summed E-state index contributed by atoms with van der Waals surface area (Å²) in [6.07, 6.45) is 2.74. The molecule has 2 aromatic heterocycles. The van der Waals surface area contributed by atoms with Crippen molar-refractivity contribution >= 4 is 15.9 Å². The molecule has 1 aliphatic rings. The summed E-state index contributed by atoms with van der Waals surface area (Å²) in [5.41, 5.74) is 5.07. The van der Waals surface area contributed by atoms with E-state index in [1.807, 2.05) is 0 Å². The zero-order chi connectivity index (χ0) is 17.3. The predicted molar refractivity (Wildman–Crippen MR) is 80.0 cm³/mol. The van der Waals surface area contributed by atoms with E-state index in [9.17, 15) is 17.6 Å². The van der Waals surface area contributed by atoms with Crippen molar-refractivity contribution in [2.45, 2.75) is 30.1 Å². The van der Waals surface area contributed by atoms with Gasteiger partial charge in [-0.1, -0.05) is 5.21 Å². The summed E-state index contributed by atoms with van der Waals surface area (Å²) in [7, 11) is -3.87. The van der Waals surface area contributed by atoms with Gasteiger partial charge in [0.25, 0.3) is 5.91 Å². The topological polar surface area (TPSA) is 124 Å². The number of carbonyl (C=O) groups is 1. The van der Waals surface area contributed by atoms with Crippen LogP contribution in [0, 0.1) is 0 Å². The first-order valence-corrected chi connectivity index (χ1v) is 8.58. The maximum Gasteiger partial charge on any atom is 0.270 e. The number of aromatic nitrogens is 4. The van der Waals surface area contributed by atoms with Gasteiger partial charge in [0.05, 0.1) is 12.7 Å².